The zero-order valence-corrected chi connectivity index (χ0v) is 13.3. The number of carbonyl (C=O) groups excluding carboxylic acids is 1. The molecule has 2 N–H and O–H groups in total. The summed E-state index contributed by atoms with van der Waals surface area (Å²) in [4.78, 5) is 14.8. The summed E-state index contributed by atoms with van der Waals surface area (Å²) in [6, 6.07) is 11.5. The fourth-order valence-electron chi connectivity index (χ4n) is 1.87. The van der Waals surface area contributed by atoms with Crippen molar-refractivity contribution < 1.29 is 9.36 Å². The van der Waals surface area contributed by atoms with E-state index in [9.17, 15) is 9.36 Å². The second-order valence-electron chi connectivity index (χ2n) is 5.57. The van der Waals surface area contributed by atoms with E-state index >= 15 is 0 Å². The minimum absolute atomic E-state index is 0.0456. The number of amides is 1. The number of rotatable bonds is 1. The molecule has 0 bridgehead atoms. The van der Waals surface area contributed by atoms with Crippen LogP contribution in [0.2, 0.25) is 0 Å². The van der Waals surface area contributed by atoms with Gasteiger partial charge in [-0.15, -0.1) is 0 Å². The van der Waals surface area contributed by atoms with Crippen molar-refractivity contribution in [3.05, 3.63) is 53.9 Å². The summed E-state index contributed by atoms with van der Waals surface area (Å²) in [7, 11) is -1.64. The predicted octanol–water partition coefficient (Wildman–Crippen LogP) is 3.75. The van der Waals surface area contributed by atoms with Crippen LogP contribution in [-0.2, 0) is 9.36 Å². The van der Waals surface area contributed by atoms with Crippen molar-refractivity contribution in [3.63, 3.8) is 0 Å². The zero-order chi connectivity index (χ0) is 15.5. The van der Waals surface area contributed by atoms with Crippen LogP contribution in [0.3, 0.4) is 0 Å². The lowest BCUT2D eigenvalue weighted by atomic mass is 10.1. The van der Waals surface area contributed by atoms with Crippen LogP contribution in [0.25, 0.3) is 11.6 Å². The van der Waals surface area contributed by atoms with Gasteiger partial charge in [0.15, 0.2) is 0 Å². The number of nitrogens with one attached hydrogen (secondary N) is 2. The van der Waals surface area contributed by atoms with Crippen LogP contribution < -0.4 is 5.32 Å². The van der Waals surface area contributed by atoms with Gasteiger partial charge in [0.05, 0.1) is 12.7 Å². The highest BCUT2D eigenvalue weighted by atomic mass is 31.2. The summed E-state index contributed by atoms with van der Waals surface area (Å²) in [6.45, 7) is 5.23. The minimum atomic E-state index is -1.64. The maximum atomic E-state index is 11.8. The number of H-pyrrole nitrogens is 1. The number of aromatic amines is 1. The van der Waals surface area contributed by atoms with E-state index in [1.54, 1.807) is 20.0 Å². The first-order valence-corrected chi connectivity index (χ1v) is 9.68. The van der Waals surface area contributed by atoms with Gasteiger partial charge in [-0.3, -0.25) is 4.79 Å². The molecular weight excluding hydrogens is 283 g/mol. The number of fused-ring (bicyclic) bond motifs is 1. The lowest BCUT2D eigenvalue weighted by Crippen LogP contribution is -2.03. The highest BCUT2D eigenvalue weighted by molar-refractivity contribution is 7.61. The van der Waals surface area contributed by atoms with Gasteiger partial charge in [-0.25, -0.2) is 0 Å². The molecule has 0 atom stereocenters. The van der Waals surface area contributed by atoms with E-state index in [1.165, 1.54) is 0 Å². The molecule has 2 aromatic rings. The molecule has 0 fully saturated rings. The van der Waals surface area contributed by atoms with E-state index < -0.39 is 7.14 Å². The smallest absolute Gasteiger partial charge is 0.256 e. The summed E-state index contributed by atoms with van der Waals surface area (Å²) in [5, 5.41) is 2.84. The van der Waals surface area contributed by atoms with Crippen LogP contribution in [-0.4, -0.2) is 30.9 Å². The van der Waals surface area contributed by atoms with Gasteiger partial charge in [0.2, 0.25) is 0 Å². The van der Waals surface area contributed by atoms with E-state index in [0.717, 1.165) is 16.9 Å². The van der Waals surface area contributed by atoms with Crippen molar-refractivity contribution in [1.82, 2.24) is 4.98 Å². The van der Waals surface area contributed by atoms with E-state index in [2.05, 4.69) is 10.3 Å². The number of hydrogen-bond donors (Lipinski definition) is 2. The first-order valence-electron chi connectivity index (χ1n) is 6.63. The van der Waals surface area contributed by atoms with E-state index in [-0.39, 0.29) is 5.91 Å². The highest BCUT2D eigenvalue weighted by Crippen LogP contribution is 2.32. The molecule has 0 saturated carbocycles. The fourth-order valence-corrected chi connectivity index (χ4v) is 1.87. The van der Waals surface area contributed by atoms with Crippen LogP contribution in [0, 0.1) is 0 Å². The Morgan fingerprint density at radius 2 is 1.71 bits per heavy atom. The number of carbonyl (C=O) groups is 1. The Balaban J connectivity index is 0.000000282. The summed E-state index contributed by atoms with van der Waals surface area (Å²) >= 11 is 0. The summed E-state index contributed by atoms with van der Waals surface area (Å²) in [6.07, 6.45) is 3.70. The van der Waals surface area contributed by atoms with Crippen molar-refractivity contribution >= 4 is 30.4 Å². The molecule has 3 rings (SSSR count). The first kappa shape index (κ1) is 15.3. The van der Waals surface area contributed by atoms with Gasteiger partial charge in [0.25, 0.3) is 5.91 Å². The molecule has 0 radical (unpaired) electrons. The van der Waals surface area contributed by atoms with Gasteiger partial charge in [-0.2, -0.15) is 0 Å². The third-order valence-electron chi connectivity index (χ3n) is 2.63. The topological polar surface area (TPSA) is 62.0 Å². The Morgan fingerprint density at radius 1 is 1.05 bits per heavy atom. The Hall–Kier alpha value is -2.06. The normalized spacial score (nSPS) is 15.2. The van der Waals surface area contributed by atoms with Crippen LogP contribution in [0.4, 0.5) is 5.69 Å². The average molecular weight is 302 g/mol. The van der Waals surface area contributed by atoms with Crippen molar-refractivity contribution in [2.24, 2.45) is 0 Å². The monoisotopic (exact) mass is 302 g/mol. The molecular formula is C16H19N2O2P. The standard InChI is InChI=1S/C13H10N2O.C3H9OP/c16-13-11(8-9-4-3-7-14-9)10-5-1-2-6-12(10)15-13;1-5(2,3)4/h1-8,14H,(H,15,16);1-3H3. The molecule has 0 saturated heterocycles. The summed E-state index contributed by atoms with van der Waals surface area (Å²) in [5.41, 5.74) is 3.48. The molecule has 0 aliphatic carbocycles. The van der Waals surface area contributed by atoms with Gasteiger partial charge in [0.1, 0.15) is 0 Å². The first-order chi connectivity index (χ1) is 9.84. The largest absolute Gasteiger partial charge is 0.362 e. The quantitative estimate of drug-likeness (QED) is 0.622. The third-order valence-corrected chi connectivity index (χ3v) is 2.63. The number of hydrogen-bond acceptors (Lipinski definition) is 2. The van der Waals surface area contributed by atoms with Crippen LogP contribution in [0.15, 0.2) is 42.6 Å². The van der Waals surface area contributed by atoms with E-state index in [1.807, 2.05) is 48.7 Å². The van der Waals surface area contributed by atoms with E-state index in [0.29, 0.717) is 5.57 Å². The Bertz CT molecular complexity index is 703. The maximum absolute atomic E-state index is 11.8. The average Bonchev–Trinajstić information content (AvgIpc) is 2.97. The number of anilines is 1. The Kier molecular flexibility index (Phi) is 4.49. The SMILES string of the molecule is CP(C)(C)=O.O=C1Nc2ccccc2C1=Cc1ccc[nH]1. The fraction of sp³-hybridized carbons (Fsp3) is 0.188. The molecule has 2 heterocycles. The molecule has 1 aliphatic rings. The number of para-hydroxylation sites is 1. The second-order valence-corrected chi connectivity index (χ2v) is 9.35. The van der Waals surface area contributed by atoms with Gasteiger partial charge < -0.3 is 14.9 Å². The zero-order valence-electron chi connectivity index (χ0n) is 12.4. The van der Waals surface area contributed by atoms with Crippen LogP contribution in [0.5, 0.6) is 0 Å². The van der Waals surface area contributed by atoms with Crippen molar-refractivity contribution in [2.45, 2.75) is 0 Å². The lowest BCUT2D eigenvalue weighted by molar-refractivity contribution is -0.110. The molecule has 21 heavy (non-hydrogen) atoms. The minimum Gasteiger partial charge on any atom is -0.362 e. The number of aromatic nitrogens is 1. The molecule has 0 unspecified atom stereocenters. The molecule has 4 nitrogen and oxygen atoms in total. The maximum Gasteiger partial charge on any atom is 0.256 e. The molecule has 1 amide bonds. The molecule has 0 spiro atoms. The molecule has 1 aromatic heterocycles. The van der Waals surface area contributed by atoms with Gasteiger partial charge in [-0.05, 0) is 44.3 Å². The highest BCUT2D eigenvalue weighted by Gasteiger charge is 2.23. The van der Waals surface area contributed by atoms with Gasteiger partial charge in [0, 0.05) is 23.1 Å². The van der Waals surface area contributed by atoms with Gasteiger partial charge in [-0.1, -0.05) is 18.2 Å². The van der Waals surface area contributed by atoms with Crippen molar-refractivity contribution in [2.75, 3.05) is 25.3 Å². The summed E-state index contributed by atoms with van der Waals surface area (Å²) in [5.74, 6) is -0.0456. The Labute approximate surface area is 124 Å². The second kappa shape index (κ2) is 6.15. The van der Waals surface area contributed by atoms with Gasteiger partial charge >= 0.3 is 0 Å². The van der Waals surface area contributed by atoms with E-state index in [4.69, 9.17) is 0 Å². The lowest BCUT2D eigenvalue weighted by Gasteiger charge is -1.95. The molecule has 5 heteroatoms. The Morgan fingerprint density at radius 3 is 2.33 bits per heavy atom. The third kappa shape index (κ3) is 4.47. The molecule has 1 aliphatic heterocycles. The molecule has 110 valence electrons. The van der Waals surface area contributed by atoms with Crippen LogP contribution in [0.1, 0.15) is 11.3 Å². The summed E-state index contributed by atoms with van der Waals surface area (Å²) < 4.78 is 10.2. The predicted molar refractivity (Wildman–Crippen MR) is 89.1 cm³/mol. The van der Waals surface area contributed by atoms with Crippen LogP contribution >= 0.6 is 7.14 Å². The number of benzene rings is 1. The van der Waals surface area contributed by atoms with Crippen molar-refractivity contribution in [3.8, 4) is 0 Å². The van der Waals surface area contributed by atoms with Crippen molar-refractivity contribution in [1.29, 1.82) is 0 Å². The molecule has 1 aromatic carbocycles.